The van der Waals surface area contributed by atoms with Gasteiger partial charge in [-0.2, -0.15) is 0 Å². The molecule has 218 valence electrons. The van der Waals surface area contributed by atoms with E-state index in [4.69, 9.17) is 4.74 Å². The van der Waals surface area contributed by atoms with E-state index in [1.807, 2.05) is 47.5 Å². The second kappa shape index (κ2) is 14.8. The van der Waals surface area contributed by atoms with E-state index in [0.29, 0.717) is 37.2 Å². The zero-order valence-corrected chi connectivity index (χ0v) is 25.0. The summed E-state index contributed by atoms with van der Waals surface area (Å²) >= 11 is 0. The van der Waals surface area contributed by atoms with Gasteiger partial charge in [-0.25, -0.2) is 0 Å². The van der Waals surface area contributed by atoms with Gasteiger partial charge in [0.15, 0.2) is 0 Å². The van der Waals surface area contributed by atoms with Crippen LogP contribution in [-0.4, -0.2) is 28.4 Å². The van der Waals surface area contributed by atoms with Crippen LogP contribution < -0.4 is 10.1 Å². The highest BCUT2D eigenvalue weighted by Gasteiger charge is 2.18. The largest absolute Gasteiger partial charge is 0.493 e. The van der Waals surface area contributed by atoms with Gasteiger partial charge < -0.3 is 15.0 Å². The molecule has 1 amide bonds. The zero-order chi connectivity index (χ0) is 29.1. The number of amides is 1. The lowest BCUT2D eigenvalue weighted by Crippen LogP contribution is -2.30. The molecule has 1 fully saturated rings. The molecule has 1 aromatic heterocycles. The highest BCUT2D eigenvalue weighted by Crippen LogP contribution is 2.23. The molecule has 4 aromatic rings. The van der Waals surface area contributed by atoms with Crippen molar-refractivity contribution in [1.82, 2.24) is 15.2 Å². The van der Waals surface area contributed by atoms with Gasteiger partial charge in [-0.1, -0.05) is 87.7 Å². The Hall–Kier alpha value is -3.96. The van der Waals surface area contributed by atoms with E-state index in [9.17, 15) is 4.79 Å². The van der Waals surface area contributed by atoms with Gasteiger partial charge in [0.2, 0.25) is 0 Å². The van der Waals surface area contributed by atoms with Gasteiger partial charge in [0, 0.05) is 43.6 Å². The van der Waals surface area contributed by atoms with Crippen molar-refractivity contribution in [1.29, 1.82) is 0 Å². The fourth-order valence-corrected chi connectivity index (χ4v) is 5.46. The zero-order valence-electron chi connectivity index (χ0n) is 25.0. The first-order valence-corrected chi connectivity index (χ1v) is 15.4. The van der Waals surface area contributed by atoms with Crippen LogP contribution in [0.4, 0.5) is 0 Å². The average Bonchev–Trinajstić information content (AvgIpc) is 3.04. The molecular weight excluding hydrogens is 518 g/mol. The molecule has 1 aliphatic rings. The van der Waals surface area contributed by atoms with Crippen molar-refractivity contribution in [3.63, 3.8) is 0 Å². The van der Waals surface area contributed by atoms with E-state index in [-0.39, 0.29) is 5.91 Å². The monoisotopic (exact) mass is 561 g/mol. The smallest absolute Gasteiger partial charge is 0.254 e. The molecule has 5 rings (SSSR count). The molecule has 5 heteroatoms. The SMILES string of the molecule is CC(C)COc1ccc(C(=O)N(Cc2ccc(-c3ccc(CNC4CCCCC4)cc3)cc2)Cc2cccnc2)cc1. The Morgan fingerprint density at radius 2 is 1.48 bits per heavy atom. The van der Waals surface area contributed by atoms with Crippen LogP contribution in [0.25, 0.3) is 11.1 Å². The van der Waals surface area contributed by atoms with Crippen LogP contribution in [0.15, 0.2) is 97.3 Å². The van der Waals surface area contributed by atoms with Crippen molar-refractivity contribution in [2.24, 2.45) is 5.92 Å². The van der Waals surface area contributed by atoms with Crippen LogP contribution in [0.5, 0.6) is 5.75 Å². The third-order valence-electron chi connectivity index (χ3n) is 7.88. The Balaban J connectivity index is 1.24. The lowest BCUT2D eigenvalue weighted by Gasteiger charge is -2.23. The van der Waals surface area contributed by atoms with E-state index in [1.54, 1.807) is 6.20 Å². The Bertz CT molecular complexity index is 1380. The number of carbonyl (C=O) groups is 1. The molecule has 0 bridgehead atoms. The number of carbonyl (C=O) groups excluding carboxylic acids is 1. The van der Waals surface area contributed by atoms with E-state index in [2.05, 4.69) is 72.7 Å². The molecule has 1 saturated carbocycles. The fourth-order valence-electron chi connectivity index (χ4n) is 5.46. The van der Waals surface area contributed by atoms with Crippen LogP contribution in [0, 0.1) is 5.92 Å². The number of nitrogens with zero attached hydrogens (tertiary/aromatic N) is 2. The number of nitrogens with one attached hydrogen (secondary N) is 1. The topological polar surface area (TPSA) is 54.5 Å². The molecule has 42 heavy (non-hydrogen) atoms. The lowest BCUT2D eigenvalue weighted by atomic mass is 9.95. The maximum absolute atomic E-state index is 13.7. The number of benzene rings is 3. The maximum atomic E-state index is 13.7. The number of hydrogen-bond acceptors (Lipinski definition) is 4. The third kappa shape index (κ3) is 8.53. The number of hydrogen-bond donors (Lipinski definition) is 1. The first-order chi connectivity index (χ1) is 20.5. The van der Waals surface area contributed by atoms with Gasteiger partial charge >= 0.3 is 0 Å². The van der Waals surface area contributed by atoms with E-state index < -0.39 is 0 Å². The lowest BCUT2D eigenvalue weighted by molar-refractivity contribution is 0.0730. The minimum absolute atomic E-state index is 0.0178. The molecule has 0 aliphatic heterocycles. The molecule has 5 nitrogen and oxygen atoms in total. The Morgan fingerprint density at radius 3 is 2.10 bits per heavy atom. The molecule has 0 atom stereocenters. The highest BCUT2D eigenvalue weighted by molar-refractivity contribution is 5.94. The quantitative estimate of drug-likeness (QED) is 0.190. The standard InChI is InChI=1S/C37H43N3O2/c1-28(2)27-42-36-20-18-34(19-21-36)37(41)40(26-31-7-6-22-38-23-31)25-30-12-16-33(17-13-30)32-14-10-29(11-15-32)24-39-35-8-4-3-5-9-35/h6-7,10-23,28,35,39H,3-5,8-9,24-27H2,1-2H3. The van der Waals surface area contributed by atoms with Gasteiger partial charge in [-0.05, 0) is 76.9 Å². The molecule has 3 aromatic carbocycles. The summed E-state index contributed by atoms with van der Waals surface area (Å²) in [6.07, 6.45) is 10.3. The summed E-state index contributed by atoms with van der Waals surface area (Å²) in [5.41, 5.74) is 6.42. The summed E-state index contributed by atoms with van der Waals surface area (Å²) in [4.78, 5) is 19.8. The minimum atomic E-state index is -0.0178. The number of ether oxygens (including phenoxy) is 1. The van der Waals surface area contributed by atoms with Gasteiger partial charge in [0.1, 0.15) is 5.75 Å². The summed E-state index contributed by atoms with van der Waals surface area (Å²) in [6.45, 7) is 6.80. The van der Waals surface area contributed by atoms with Crippen molar-refractivity contribution in [2.75, 3.05) is 6.61 Å². The van der Waals surface area contributed by atoms with Crippen LogP contribution >= 0.6 is 0 Å². The average molecular weight is 562 g/mol. The first-order valence-electron chi connectivity index (χ1n) is 15.4. The minimum Gasteiger partial charge on any atom is -0.493 e. The number of rotatable bonds is 12. The number of pyridine rings is 1. The van der Waals surface area contributed by atoms with Gasteiger partial charge in [-0.15, -0.1) is 0 Å². The highest BCUT2D eigenvalue weighted by atomic mass is 16.5. The van der Waals surface area contributed by atoms with Crippen LogP contribution in [0.1, 0.15) is 73.0 Å². The maximum Gasteiger partial charge on any atom is 0.254 e. The summed E-state index contributed by atoms with van der Waals surface area (Å²) in [5, 5.41) is 3.73. The van der Waals surface area contributed by atoms with Gasteiger partial charge in [0.05, 0.1) is 6.61 Å². The summed E-state index contributed by atoms with van der Waals surface area (Å²) in [5.74, 6) is 1.21. The van der Waals surface area contributed by atoms with Gasteiger partial charge in [0.25, 0.3) is 5.91 Å². The van der Waals surface area contributed by atoms with Crippen molar-refractivity contribution < 1.29 is 9.53 Å². The van der Waals surface area contributed by atoms with Crippen molar-refractivity contribution in [3.05, 3.63) is 120 Å². The third-order valence-corrected chi connectivity index (χ3v) is 7.88. The van der Waals surface area contributed by atoms with Crippen molar-refractivity contribution >= 4 is 5.91 Å². The van der Waals surface area contributed by atoms with Crippen LogP contribution in [0.3, 0.4) is 0 Å². The molecule has 0 radical (unpaired) electrons. The van der Waals surface area contributed by atoms with E-state index >= 15 is 0 Å². The molecule has 0 unspecified atom stereocenters. The molecule has 0 saturated heterocycles. The molecule has 0 spiro atoms. The van der Waals surface area contributed by atoms with Crippen LogP contribution in [-0.2, 0) is 19.6 Å². The molecule has 1 aliphatic carbocycles. The van der Waals surface area contributed by atoms with Gasteiger partial charge in [-0.3, -0.25) is 9.78 Å². The molecular formula is C37H43N3O2. The summed E-state index contributed by atoms with van der Waals surface area (Å²) in [6, 6.07) is 29.5. The van der Waals surface area contributed by atoms with E-state index in [0.717, 1.165) is 23.4 Å². The molecule has 1 N–H and O–H groups in total. The van der Waals surface area contributed by atoms with Crippen LogP contribution in [0.2, 0.25) is 0 Å². The fraction of sp³-hybridized carbons (Fsp3) is 0.351. The number of aromatic nitrogens is 1. The summed E-state index contributed by atoms with van der Waals surface area (Å²) < 4.78 is 5.81. The molecule has 1 heterocycles. The van der Waals surface area contributed by atoms with Crippen molar-refractivity contribution in [2.45, 2.75) is 71.6 Å². The second-order valence-corrected chi connectivity index (χ2v) is 11.9. The predicted molar refractivity (Wildman–Crippen MR) is 170 cm³/mol. The normalized spacial score (nSPS) is 13.7. The Kier molecular flexibility index (Phi) is 10.4. The van der Waals surface area contributed by atoms with E-state index in [1.165, 1.54) is 48.8 Å². The summed E-state index contributed by atoms with van der Waals surface area (Å²) in [7, 11) is 0. The predicted octanol–water partition coefficient (Wildman–Crippen LogP) is 8.05. The Morgan fingerprint density at radius 1 is 0.833 bits per heavy atom. The first kappa shape index (κ1) is 29.5. The Labute approximate surface area is 251 Å². The van der Waals surface area contributed by atoms with Crippen molar-refractivity contribution in [3.8, 4) is 16.9 Å². The second-order valence-electron chi connectivity index (χ2n) is 11.9.